The number of carbonyl (C=O) groups is 1. The monoisotopic (exact) mass is 470 g/mol. The van der Waals surface area contributed by atoms with E-state index in [1.807, 2.05) is 49.4 Å². The number of fused-ring (bicyclic) bond motifs is 1. The van der Waals surface area contributed by atoms with Gasteiger partial charge in [-0.2, -0.15) is 0 Å². The summed E-state index contributed by atoms with van der Waals surface area (Å²) in [5.41, 5.74) is 3.82. The summed E-state index contributed by atoms with van der Waals surface area (Å²) in [4.78, 5) is 12.2. The Balaban J connectivity index is 1.39. The van der Waals surface area contributed by atoms with E-state index < -0.39 is 10.0 Å². The second-order valence-electron chi connectivity index (χ2n) is 7.60. The van der Waals surface area contributed by atoms with Crippen LogP contribution in [0.15, 0.2) is 71.6 Å². The Morgan fingerprint density at radius 2 is 1.84 bits per heavy atom. The van der Waals surface area contributed by atoms with Gasteiger partial charge in [-0.3, -0.25) is 9.10 Å². The molecule has 4 rings (SSSR count). The van der Waals surface area contributed by atoms with Gasteiger partial charge in [0.05, 0.1) is 15.6 Å². The van der Waals surface area contributed by atoms with Gasteiger partial charge in [-0.1, -0.05) is 59.6 Å². The van der Waals surface area contributed by atoms with E-state index in [9.17, 15) is 13.2 Å². The van der Waals surface area contributed by atoms with Crippen molar-refractivity contribution in [3.63, 3.8) is 0 Å². The molecule has 1 amide bonds. The lowest BCUT2D eigenvalue weighted by Gasteiger charge is -2.20. The molecule has 6 nitrogen and oxygen atoms in total. The third-order valence-electron chi connectivity index (χ3n) is 5.30. The van der Waals surface area contributed by atoms with Gasteiger partial charge < -0.3 is 10.1 Å². The molecule has 0 atom stereocenters. The van der Waals surface area contributed by atoms with E-state index >= 15 is 0 Å². The maximum atomic E-state index is 13.1. The first kappa shape index (κ1) is 22.2. The van der Waals surface area contributed by atoms with Gasteiger partial charge in [0.25, 0.3) is 15.9 Å². The zero-order chi connectivity index (χ0) is 22.7. The van der Waals surface area contributed by atoms with E-state index in [1.165, 1.54) is 22.5 Å². The van der Waals surface area contributed by atoms with E-state index in [2.05, 4.69) is 5.32 Å². The number of benzene rings is 3. The summed E-state index contributed by atoms with van der Waals surface area (Å²) in [6, 6.07) is 19.6. The van der Waals surface area contributed by atoms with Crippen molar-refractivity contribution in [2.45, 2.75) is 24.8 Å². The number of para-hydroxylation sites is 1. The molecule has 1 aliphatic heterocycles. The van der Waals surface area contributed by atoms with Crippen molar-refractivity contribution < 1.29 is 17.9 Å². The highest BCUT2D eigenvalue weighted by Gasteiger charge is 2.31. The van der Waals surface area contributed by atoms with Crippen LogP contribution in [0.4, 0.5) is 5.69 Å². The predicted octanol–water partition coefficient (Wildman–Crippen LogP) is 4.10. The van der Waals surface area contributed by atoms with E-state index in [0.29, 0.717) is 25.2 Å². The van der Waals surface area contributed by atoms with Gasteiger partial charge >= 0.3 is 0 Å². The van der Waals surface area contributed by atoms with Gasteiger partial charge in [0, 0.05) is 13.1 Å². The third-order valence-corrected chi connectivity index (χ3v) is 7.41. The van der Waals surface area contributed by atoms with Crippen molar-refractivity contribution in [1.82, 2.24) is 5.32 Å². The molecule has 0 bridgehead atoms. The fraction of sp³-hybridized carbons (Fsp3) is 0.208. The zero-order valence-electron chi connectivity index (χ0n) is 17.5. The Morgan fingerprint density at radius 1 is 1.09 bits per heavy atom. The van der Waals surface area contributed by atoms with Crippen LogP contribution >= 0.6 is 11.6 Å². The van der Waals surface area contributed by atoms with Crippen LogP contribution in [-0.2, 0) is 27.8 Å². The minimum atomic E-state index is -3.75. The number of anilines is 1. The second-order valence-corrected chi connectivity index (χ2v) is 9.87. The number of hydrogen-bond donors (Lipinski definition) is 1. The van der Waals surface area contributed by atoms with Crippen molar-refractivity contribution >= 4 is 33.2 Å². The van der Waals surface area contributed by atoms with Crippen LogP contribution < -0.4 is 14.4 Å². The Bertz CT molecular complexity index is 1240. The Hall–Kier alpha value is -3.03. The molecule has 0 radical (unpaired) electrons. The van der Waals surface area contributed by atoms with E-state index in [1.54, 1.807) is 6.07 Å². The van der Waals surface area contributed by atoms with Crippen molar-refractivity contribution in [2.75, 3.05) is 17.5 Å². The van der Waals surface area contributed by atoms with E-state index in [0.717, 1.165) is 16.7 Å². The van der Waals surface area contributed by atoms with Gasteiger partial charge in [0.15, 0.2) is 6.61 Å². The number of amides is 1. The van der Waals surface area contributed by atoms with Crippen LogP contribution in [0, 0.1) is 6.92 Å². The average Bonchev–Trinajstić information content (AvgIpc) is 3.23. The molecule has 0 aliphatic carbocycles. The van der Waals surface area contributed by atoms with Crippen molar-refractivity contribution in [2.24, 2.45) is 0 Å². The van der Waals surface area contributed by atoms with E-state index in [4.69, 9.17) is 16.3 Å². The molecule has 0 aromatic heterocycles. The number of halogens is 1. The lowest BCUT2D eigenvalue weighted by atomic mass is 10.1. The highest BCUT2D eigenvalue weighted by Crippen LogP contribution is 2.35. The van der Waals surface area contributed by atoms with Gasteiger partial charge in [-0.15, -0.1) is 0 Å². The minimum absolute atomic E-state index is 0.0791. The summed E-state index contributed by atoms with van der Waals surface area (Å²) >= 11 is 6.27. The van der Waals surface area contributed by atoms with Gasteiger partial charge in [0.1, 0.15) is 5.75 Å². The maximum absolute atomic E-state index is 13.1. The minimum Gasteiger partial charge on any atom is -0.482 e. The fourth-order valence-electron chi connectivity index (χ4n) is 3.54. The number of sulfonamides is 1. The number of aryl methyl sites for hydroxylation is 1. The average molecular weight is 471 g/mol. The molecule has 0 unspecified atom stereocenters. The summed E-state index contributed by atoms with van der Waals surface area (Å²) in [7, 11) is -3.75. The molecule has 1 N–H and O–H groups in total. The molecule has 3 aromatic rings. The number of nitrogens with one attached hydrogen (secondary N) is 1. The molecule has 1 heterocycles. The summed E-state index contributed by atoms with van der Waals surface area (Å²) in [6.07, 6.45) is 0.669. The first-order valence-corrected chi connectivity index (χ1v) is 12.0. The summed E-state index contributed by atoms with van der Waals surface area (Å²) < 4.78 is 33.2. The molecule has 3 aromatic carbocycles. The molecule has 0 fully saturated rings. The van der Waals surface area contributed by atoms with Crippen molar-refractivity contribution in [3.8, 4) is 5.75 Å². The van der Waals surface area contributed by atoms with Crippen LogP contribution in [0.25, 0.3) is 0 Å². The Kier molecular flexibility index (Phi) is 6.39. The van der Waals surface area contributed by atoms with Crippen molar-refractivity contribution in [1.29, 1.82) is 0 Å². The van der Waals surface area contributed by atoms with Crippen LogP contribution in [0.5, 0.6) is 5.75 Å². The van der Waals surface area contributed by atoms with Crippen molar-refractivity contribution in [3.05, 3.63) is 88.4 Å². The highest BCUT2D eigenvalue weighted by atomic mass is 35.5. The number of nitrogens with zero attached hydrogens (tertiary/aromatic N) is 1. The number of carbonyl (C=O) groups excluding carboxylic acids is 1. The van der Waals surface area contributed by atoms with Crippen LogP contribution in [0.3, 0.4) is 0 Å². The first-order chi connectivity index (χ1) is 15.3. The predicted molar refractivity (Wildman–Crippen MR) is 125 cm³/mol. The Morgan fingerprint density at radius 3 is 2.59 bits per heavy atom. The van der Waals surface area contributed by atoms with Gasteiger partial charge in [0.2, 0.25) is 0 Å². The van der Waals surface area contributed by atoms with Gasteiger partial charge in [-0.05, 0) is 48.7 Å². The SMILES string of the molecule is Cc1ccc(CNC(=O)COc2ccc(S(=O)(=O)N3CCc4ccccc43)cc2Cl)cc1. The first-order valence-electron chi connectivity index (χ1n) is 10.2. The number of hydrogen-bond acceptors (Lipinski definition) is 4. The topological polar surface area (TPSA) is 75.7 Å². The summed E-state index contributed by atoms with van der Waals surface area (Å²) in [6.45, 7) is 2.56. The molecule has 0 spiro atoms. The van der Waals surface area contributed by atoms with Crippen LogP contribution in [-0.4, -0.2) is 27.5 Å². The lowest BCUT2D eigenvalue weighted by molar-refractivity contribution is -0.123. The molecule has 0 saturated heterocycles. The molecule has 8 heteroatoms. The quantitative estimate of drug-likeness (QED) is 0.564. The molecule has 0 saturated carbocycles. The summed E-state index contributed by atoms with van der Waals surface area (Å²) in [5, 5.41) is 2.91. The van der Waals surface area contributed by atoms with Crippen LogP contribution in [0.2, 0.25) is 5.02 Å². The molecular weight excluding hydrogens is 448 g/mol. The zero-order valence-corrected chi connectivity index (χ0v) is 19.1. The largest absolute Gasteiger partial charge is 0.482 e. The van der Waals surface area contributed by atoms with Gasteiger partial charge in [-0.25, -0.2) is 8.42 Å². The lowest BCUT2D eigenvalue weighted by Crippen LogP contribution is -2.29. The highest BCUT2D eigenvalue weighted by molar-refractivity contribution is 7.92. The summed E-state index contributed by atoms with van der Waals surface area (Å²) in [5.74, 6) is -0.0510. The number of ether oxygens (including phenoxy) is 1. The number of rotatable bonds is 7. The maximum Gasteiger partial charge on any atom is 0.264 e. The molecule has 32 heavy (non-hydrogen) atoms. The van der Waals surface area contributed by atoms with Crippen LogP contribution in [0.1, 0.15) is 16.7 Å². The second kappa shape index (κ2) is 9.22. The normalized spacial score (nSPS) is 13.0. The molecular formula is C24H23ClN2O4S. The molecule has 166 valence electrons. The smallest absolute Gasteiger partial charge is 0.264 e. The third kappa shape index (κ3) is 4.74. The molecule has 1 aliphatic rings. The fourth-order valence-corrected chi connectivity index (χ4v) is 5.37. The van der Waals surface area contributed by atoms with E-state index in [-0.39, 0.29) is 28.2 Å². The Labute approximate surface area is 192 Å². The standard InChI is InChI=1S/C24H23ClN2O4S/c1-17-6-8-18(9-7-17)15-26-24(28)16-31-23-11-10-20(14-21(23)25)32(29,30)27-13-12-19-4-2-3-5-22(19)27/h2-11,14H,12-13,15-16H2,1H3,(H,26,28).